The Balaban J connectivity index is 0.00000420. The molecule has 0 aliphatic carbocycles. The molecule has 0 unspecified atom stereocenters. The van der Waals surface area contributed by atoms with Crippen molar-refractivity contribution in [1.82, 2.24) is 19.9 Å². The van der Waals surface area contributed by atoms with Crippen molar-refractivity contribution in [2.75, 3.05) is 16.8 Å². The van der Waals surface area contributed by atoms with Gasteiger partial charge < -0.3 is 14.8 Å². The minimum absolute atomic E-state index is 0. The molecule has 3 atom stereocenters. The van der Waals surface area contributed by atoms with Gasteiger partial charge in [0.2, 0.25) is 5.95 Å². The number of nitrogens with one attached hydrogen (secondary N) is 1. The number of halogens is 3. The lowest BCUT2D eigenvalue weighted by molar-refractivity contribution is -0.141. The topological polar surface area (TPSA) is 102 Å². The zero-order valence-electron chi connectivity index (χ0n) is 21.7. The fraction of sp³-hybridized carbons (Fsp3) is 0.444. The Bertz CT molecular complexity index is 1280. The van der Waals surface area contributed by atoms with Crippen LogP contribution in [-0.2, 0) is 15.7 Å². The van der Waals surface area contributed by atoms with Crippen LogP contribution in [0.1, 0.15) is 59.5 Å². The number of carbonyl (C=O) groups is 1. The van der Waals surface area contributed by atoms with E-state index in [1.165, 1.54) is 23.4 Å². The van der Waals surface area contributed by atoms with Gasteiger partial charge in [-0.05, 0) is 64.4 Å². The number of nitrogens with zero attached hydrogens (tertiary/aromatic N) is 5. The zero-order valence-corrected chi connectivity index (χ0v) is 21.7. The molecular weight excluding hydrogens is 513 g/mol. The summed E-state index contributed by atoms with van der Waals surface area (Å²) < 4.78 is 50.3. The van der Waals surface area contributed by atoms with E-state index in [0.717, 1.165) is 12.3 Å². The molecule has 1 aliphatic rings. The molecule has 1 aliphatic heterocycles. The van der Waals surface area contributed by atoms with Gasteiger partial charge in [-0.25, -0.2) is 9.78 Å². The number of rotatable bonds is 7. The predicted octanol–water partition coefficient (Wildman–Crippen LogP) is 6.29. The molecule has 4 rings (SSSR count). The van der Waals surface area contributed by atoms with Gasteiger partial charge in [0.1, 0.15) is 24.2 Å². The van der Waals surface area contributed by atoms with E-state index in [0.29, 0.717) is 22.6 Å². The predicted molar refractivity (Wildman–Crippen MR) is 141 cm³/mol. The summed E-state index contributed by atoms with van der Waals surface area (Å²) in [5, 5.41) is 3.15. The monoisotopic (exact) mass is 546 g/mol. The zero-order chi connectivity index (χ0) is 27.7. The largest absolute Gasteiger partial charge is 0.447 e. The molecule has 0 spiro atoms. The average Bonchev–Trinajstić information content (AvgIpc) is 3.24. The summed E-state index contributed by atoms with van der Waals surface area (Å²) in [7, 11) is 0. The summed E-state index contributed by atoms with van der Waals surface area (Å²) in [6.45, 7) is 9.74. The lowest BCUT2D eigenvalue weighted by Crippen LogP contribution is -2.45. The van der Waals surface area contributed by atoms with Crippen LogP contribution in [0.15, 0.2) is 48.9 Å². The first-order valence-corrected chi connectivity index (χ1v) is 12.0. The summed E-state index contributed by atoms with van der Waals surface area (Å²) >= 11 is 0. The second kappa shape index (κ2) is 11.5. The van der Waals surface area contributed by atoms with Crippen LogP contribution in [0.3, 0.4) is 0 Å². The molecule has 4 heterocycles. The fourth-order valence-corrected chi connectivity index (χ4v) is 4.10. The molecule has 39 heavy (non-hydrogen) atoms. The standard InChI is InChI=1S/C26H29F3N6O3.CH4/c1-15(19-7-6-18(13-32-19)17-8-10-30-21(12-17)26(27,28)29)33-23-31-11-9-22(34-23)35-20(14-37-24(35)36)16(2)38-25(3,4)5;/h6-13,15-16,20H,14H2,1-5H3,(H,31,33,34);1H4/t15-,16+,20+;/m0./s1. The number of cyclic esters (lactones) is 1. The molecule has 12 heteroatoms. The second-order valence-corrected chi connectivity index (χ2v) is 9.95. The second-order valence-electron chi connectivity index (χ2n) is 9.95. The van der Waals surface area contributed by atoms with Crippen molar-refractivity contribution in [2.45, 2.75) is 72.0 Å². The van der Waals surface area contributed by atoms with Gasteiger partial charge in [-0.1, -0.05) is 13.5 Å². The lowest BCUT2D eigenvalue weighted by Gasteiger charge is -2.31. The Kier molecular flexibility index (Phi) is 8.79. The smallest absolute Gasteiger partial charge is 0.433 e. The van der Waals surface area contributed by atoms with E-state index in [-0.39, 0.29) is 38.2 Å². The van der Waals surface area contributed by atoms with Gasteiger partial charge in [-0.2, -0.15) is 18.2 Å². The molecule has 0 saturated carbocycles. The van der Waals surface area contributed by atoms with Crippen LogP contribution in [0, 0.1) is 0 Å². The van der Waals surface area contributed by atoms with Crippen molar-refractivity contribution in [1.29, 1.82) is 0 Å². The average molecular weight is 547 g/mol. The molecule has 9 nitrogen and oxygen atoms in total. The van der Waals surface area contributed by atoms with E-state index in [4.69, 9.17) is 9.47 Å². The molecule has 1 N–H and O–H groups in total. The molecule has 1 amide bonds. The number of pyridine rings is 2. The molecule has 0 bridgehead atoms. The van der Waals surface area contributed by atoms with Gasteiger partial charge in [0, 0.05) is 24.2 Å². The van der Waals surface area contributed by atoms with Crippen molar-refractivity contribution >= 4 is 17.9 Å². The van der Waals surface area contributed by atoms with Gasteiger partial charge in [-0.15, -0.1) is 0 Å². The molecule has 3 aromatic heterocycles. The summed E-state index contributed by atoms with van der Waals surface area (Å²) in [5.74, 6) is 0.640. The number of ether oxygens (including phenoxy) is 2. The van der Waals surface area contributed by atoms with Gasteiger partial charge >= 0.3 is 12.3 Å². The number of aromatic nitrogens is 4. The van der Waals surface area contributed by atoms with Gasteiger partial charge in [-0.3, -0.25) is 14.9 Å². The summed E-state index contributed by atoms with van der Waals surface area (Å²) in [6.07, 6.45) is -1.19. The molecule has 210 valence electrons. The highest BCUT2D eigenvalue weighted by molar-refractivity contribution is 5.89. The van der Waals surface area contributed by atoms with Crippen molar-refractivity contribution in [3.8, 4) is 11.1 Å². The van der Waals surface area contributed by atoms with E-state index in [1.807, 2.05) is 34.6 Å². The number of anilines is 2. The summed E-state index contributed by atoms with van der Waals surface area (Å²) in [4.78, 5) is 30.5. The molecule has 1 saturated heterocycles. The SMILES string of the molecule is C.C[C@H](Nc1nccc(N2C(=O)OC[C@@H]2[C@@H](C)OC(C)(C)C)n1)c1ccc(-c2ccnc(C(F)(F)F)c2)cn1. The highest BCUT2D eigenvalue weighted by atomic mass is 19.4. The quantitative estimate of drug-likeness (QED) is 0.369. The van der Waals surface area contributed by atoms with Crippen LogP contribution in [0.2, 0.25) is 0 Å². The van der Waals surface area contributed by atoms with E-state index in [2.05, 4.69) is 25.3 Å². The summed E-state index contributed by atoms with van der Waals surface area (Å²) in [6, 6.07) is 6.81. The third kappa shape index (κ3) is 7.20. The number of amides is 1. The molecule has 3 aromatic rings. The van der Waals surface area contributed by atoms with Crippen LogP contribution in [-0.4, -0.2) is 50.4 Å². The van der Waals surface area contributed by atoms with Gasteiger partial charge in [0.05, 0.1) is 23.4 Å². The van der Waals surface area contributed by atoms with E-state index in [1.54, 1.807) is 18.2 Å². The van der Waals surface area contributed by atoms with E-state index in [9.17, 15) is 18.0 Å². The maximum atomic E-state index is 13.0. The molecule has 1 fully saturated rings. The van der Waals surface area contributed by atoms with E-state index >= 15 is 0 Å². The number of carbonyl (C=O) groups excluding carboxylic acids is 1. The van der Waals surface area contributed by atoms with Crippen LogP contribution >= 0.6 is 0 Å². The maximum Gasteiger partial charge on any atom is 0.433 e. The Morgan fingerprint density at radius 1 is 1.05 bits per heavy atom. The van der Waals surface area contributed by atoms with Crippen LogP contribution < -0.4 is 10.2 Å². The molecule has 0 radical (unpaired) electrons. The van der Waals surface area contributed by atoms with Crippen LogP contribution in [0.4, 0.5) is 29.7 Å². The highest BCUT2D eigenvalue weighted by Gasteiger charge is 2.40. The number of hydrogen-bond acceptors (Lipinski definition) is 8. The third-order valence-corrected chi connectivity index (χ3v) is 5.83. The Morgan fingerprint density at radius 2 is 1.77 bits per heavy atom. The van der Waals surface area contributed by atoms with Crippen molar-refractivity contribution in [2.24, 2.45) is 0 Å². The minimum atomic E-state index is -4.53. The van der Waals surface area contributed by atoms with Crippen molar-refractivity contribution in [3.05, 3.63) is 60.3 Å². The lowest BCUT2D eigenvalue weighted by atomic mass is 10.1. The first-order valence-electron chi connectivity index (χ1n) is 12.0. The fourth-order valence-electron chi connectivity index (χ4n) is 4.10. The van der Waals surface area contributed by atoms with E-state index < -0.39 is 23.6 Å². The molecule has 0 aromatic carbocycles. The van der Waals surface area contributed by atoms with Gasteiger partial charge in [0.15, 0.2) is 0 Å². The maximum absolute atomic E-state index is 13.0. The Hall–Kier alpha value is -3.80. The number of hydrogen-bond donors (Lipinski definition) is 1. The number of alkyl halides is 3. The van der Waals surface area contributed by atoms with Gasteiger partial charge in [0.25, 0.3) is 0 Å². The summed E-state index contributed by atoms with van der Waals surface area (Å²) in [5.41, 5.74) is 0.149. The normalized spacial score (nSPS) is 17.3. The highest BCUT2D eigenvalue weighted by Crippen LogP contribution is 2.31. The van der Waals surface area contributed by atoms with Crippen LogP contribution in [0.5, 0.6) is 0 Å². The first kappa shape index (κ1) is 29.8. The molecular formula is C27H33F3N6O3. The van der Waals surface area contributed by atoms with Crippen molar-refractivity contribution < 1.29 is 27.4 Å². The third-order valence-electron chi connectivity index (χ3n) is 5.83. The van der Waals surface area contributed by atoms with Crippen LogP contribution in [0.25, 0.3) is 11.1 Å². The Labute approximate surface area is 225 Å². The Morgan fingerprint density at radius 3 is 2.41 bits per heavy atom. The van der Waals surface area contributed by atoms with Crippen molar-refractivity contribution in [3.63, 3.8) is 0 Å². The minimum Gasteiger partial charge on any atom is -0.447 e. The first-order chi connectivity index (χ1) is 17.8.